The van der Waals surface area contributed by atoms with Crippen LogP contribution in [0.15, 0.2) is 78.0 Å². The second kappa shape index (κ2) is 10.2. The van der Waals surface area contributed by atoms with Crippen LogP contribution in [0.1, 0.15) is 33.5 Å². The SMILES string of the molecule is COc1ccc(C2=NO[C@@H](CN(Cc3ccc(C(F)(F)F)cc3)C(=O)c3cccc(F)c3)C2)cc1. The number of benzene rings is 3. The number of carbonyl (C=O) groups is 1. The van der Waals surface area contributed by atoms with Crippen molar-refractivity contribution in [1.82, 2.24) is 4.90 Å². The fourth-order valence-electron chi connectivity index (χ4n) is 3.77. The van der Waals surface area contributed by atoms with Gasteiger partial charge in [0.25, 0.3) is 5.91 Å². The molecule has 0 saturated carbocycles. The molecule has 3 aromatic carbocycles. The number of hydrogen-bond acceptors (Lipinski definition) is 4. The zero-order chi connectivity index (χ0) is 25.0. The van der Waals surface area contributed by atoms with Crippen molar-refractivity contribution in [3.05, 3.63) is 101 Å². The highest BCUT2D eigenvalue weighted by Gasteiger charge is 2.31. The van der Waals surface area contributed by atoms with Gasteiger partial charge in [-0.05, 0) is 65.7 Å². The maximum absolute atomic E-state index is 13.7. The zero-order valence-electron chi connectivity index (χ0n) is 18.8. The number of nitrogens with zero attached hydrogens (tertiary/aromatic N) is 2. The maximum atomic E-state index is 13.7. The number of hydrogen-bond donors (Lipinski definition) is 0. The van der Waals surface area contributed by atoms with Crippen LogP contribution in [-0.2, 0) is 17.6 Å². The van der Waals surface area contributed by atoms with Crippen molar-refractivity contribution in [2.45, 2.75) is 25.2 Å². The highest BCUT2D eigenvalue weighted by molar-refractivity contribution is 6.01. The third kappa shape index (κ3) is 5.98. The van der Waals surface area contributed by atoms with Crippen molar-refractivity contribution in [1.29, 1.82) is 0 Å². The van der Waals surface area contributed by atoms with Gasteiger partial charge in [-0.2, -0.15) is 13.2 Å². The molecule has 1 amide bonds. The zero-order valence-corrected chi connectivity index (χ0v) is 18.8. The number of alkyl halides is 3. The van der Waals surface area contributed by atoms with Gasteiger partial charge in [0, 0.05) is 18.5 Å². The Kier molecular flexibility index (Phi) is 7.04. The molecule has 0 bridgehead atoms. The van der Waals surface area contributed by atoms with Gasteiger partial charge in [-0.3, -0.25) is 4.79 Å². The summed E-state index contributed by atoms with van der Waals surface area (Å²) in [6.45, 7) is 0.130. The smallest absolute Gasteiger partial charge is 0.416 e. The lowest BCUT2D eigenvalue weighted by Gasteiger charge is -2.25. The van der Waals surface area contributed by atoms with Crippen LogP contribution < -0.4 is 4.74 Å². The summed E-state index contributed by atoms with van der Waals surface area (Å²) in [5.74, 6) is -0.327. The monoisotopic (exact) mass is 486 g/mol. The van der Waals surface area contributed by atoms with Gasteiger partial charge >= 0.3 is 6.18 Å². The molecule has 1 aliphatic heterocycles. The van der Waals surface area contributed by atoms with Crippen molar-refractivity contribution in [3.8, 4) is 5.75 Å². The Morgan fingerprint density at radius 1 is 1.09 bits per heavy atom. The number of amides is 1. The van der Waals surface area contributed by atoms with Gasteiger partial charge in [-0.15, -0.1) is 0 Å². The Hall–Kier alpha value is -3.88. The average molecular weight is 486 g/mol. The van der Waals surface area contributed by atoms with Crippen LogP contribution in [-0.4, -0.2) is 36.3 Å². The molecule has 0 radical (unpaired) electrons. The first-order chi connectivity index (χ1) is 16.7. The first-order valence-electron chi connectivity index (χ1n) is 10.8. The molecule has 0 spiro atoms. The maximum Gasteiger partial charge on any atom is 0.416 e. The molecule has 0 N–H and O–H groups in total. The van der Waals surface area contributed by atoms with Gasteiger partial charge in [0.05, 0.1) is 24.9 Å². The third-order valence-corrected chi connectivity index (χ3v) is 5.59. The second-order valence-corrected chi connectivity index (χ2v) is 8.09. The van der Waals surface area contributed by atoms with Crippen LogP contribution in [0.2, 0.25) is 0 Å². The van der Waals surface area contributed by atoms with Gasteiger partial charge in [0.1, 0.15) is 11.6 Å². The second-order valence-electron chi connectivity index (χ2n) is 8.09. The molecule has 3 aromatic rings. The standard InChI is InChI=1S/C26H22F4N2O3/c1-34-22-11-7-18(8-12-22)24-14-23(35-31-24)16-32(25(33)19-3-2-4-21(27)13-19)15-17-5-9-20(10-6-17)26(28,29)30/h2-13,23H,14-16H2,1H3/t23-/m1/s1. The molecule has 0 fully saturated rings. The number of methoxy groups -OCH3 is 1. The van der Waals surface area contributed by atoms with Crippen LogP contribution in [0.5, 0.6) is 5.75 Å². The topological polar surface area (TPSA) is 51.1 Å². The van der Waals surface area contributed by atoms with E-state index in [1.54, 1.807) is 19.2 Å². The van der Waals surface area contributed by atoms with Gasteiger partial charge in [-0.1, -0.05) is 23.4 Å². The van der Waals surface area contributed by atoms with E-state index in [9.17, 15) is 22.4 Å². The molecule has 1 atom stereocenters. The Balaban J connectivity index is 1.51. The van der Waals surface area contributed by atoms with E-state index in [0.717, 1.165) is 23.8 Å². The number of oxime groups is 1. The minimum Gasteiger partial charge on any atom is -0.497 e. The van der Waals surface area contributed by atoms with E-state index in [2.05, 4.69) is 5.16 Å². The lowest BCUT2D eigenvalue weighted by molar-refractivity contribution is -0.137. The van der Waals surface area contributed by atoms with Gasteiger partial charge in [-0.25, -0.2) is 4.39 Å². The molecule has 35 heavy (non-hydrogen) atoms. The van der Waals surface area contributed by atoms with E-state index < -0.39 is 29.6 Å². The Bertz CT molecular complexity index is 1210. The van der Waals surface area contributed by atoms with Crippen LogP contribution in [0.25, 0.3) is 0 Å². The number of carbonyl (C=O) groups excluding carboxylic acids is 1. The van der Waals surface area contributed by atoms with Gasteiger partial charge < -0.3 is 14.5 Å². The lowest BCUT2D eigenvalue weighted by Crippen LogP contribution is -2.37. The summed E-state index contributed by atoms with van der Waals surface area (Å²) in [6.07, 6.45) is -4.51. The highest BCUT2D eigenvalue weighted by Crippen LogP contribution is 2.29. The molecule has 0 aliphatic carbocycles. The van der Waals surface area contributed by atoms with Crippen LogP contribution in [0, 0.1) is 5.82 Å². The van der Waals surface area contributed by atoms with E-state index in [1.165, 1.54) is 35.2 Å². The quantitative estimate of drug-likeness (QED) is 0.404. The first kappa shape index (κ1) is 24.3. The number of ether oxygens (including phenoxy) is 1. The normalized spacial score (nSPS) is 15.3. The molecule has 1 aliphatic rings. The molecule has 5 nitrogen and oxygen atoms in total. The summed E-state index contributed by atoms with van der Waals surface area (Å²) in [7, 11) is 1.57. The minimum atomic E-state index is -4.46. The van der Waals surface area contributed by atoms with Crippen molar-refractivity contribution in [3.63, 3.8) is 0 Å². The van der Waals surface area contributed by atoms with E-state index >= 15 is 0 Å². The molecule has 4 rings (SSSR count). The predicted octanol–water partition coefficient (Wildman–Crippen LogP) is 5.69. The van der Waals surface area contributed by atoms with E-state index in [0.29, 0.717) is 23.4 Å². The van der Waals surface area contributed by atoms with E-state index in [4.69, 9.17) is 9.57 Å². The largest absolute Gasteiger partial charge is 0.497 e. The van der Waals surface area contributed by atoms with Crippen LogP contribution >= 0.6 is 0 Å². The summed E-state index contributed by atoms with van der Waals surface area (Å²) >= 11 is 0. The molecule has 182 valence electrons. The molecule has 9 heteroatoms. The molecular weight excluding hydrogens is 464 g/mol. The summed E-state index contributed by atoms with van der Waals surface area (Å²) in [5, 5.41) is 4.14. The molecule has 1 heterocycles. The summed E-state index contributed by atoms with van der Waals surface area (Å²) in [5.41, 5.74) is 1.40. The number of rotatable bonds is 7. The van der Waals surface area contributed by atoms with Gasteiger partial charge in [0.15, 0.2) is 6.10 Å². The van der Waals surface area contributed by atoms with Crippen molar-refractivity contribution in [2.24, 2.45) is 5.16 Å². The van der Waals surface area contributed by atoms with E-state index in [-0.39, 0.29) is 18.7 Å². The lowest BCUT2D eigenvalue weighted by atomic mass is 10.0. The number of halogens is 4. The molecule has 0 saturated heterocycles. The molecule has 0 aromatic heterocycles. The predicted molar refractivity (Wildman–Crippen MR) is 122 cm³/mol. The fraction of sp³-hybridized carbons (Fsp3) is 0.231. The summed E-state index contributed by atoms with van der Waals surface area (Å²) < 4.78 is 57.7. The van der Waals surface area contributed by atoms with Gasteiger partial charge in [0.2, 0.25) is 0 Å². The Morgan fingerprint density at radius 3 is 2.43 bits per heavy atom. The Labute approximate surface area is 199 Å². The first-order valence-corrected chi connectivity index (χ1v) is 10.8. The molecular formula is C26H22F4N2O3. The van der Waals surface area contributed by atoms with E-state index in [1.807, 2.05) is 12.1 Å². The van der Waals surface area contributed by atoms with Crippen LogP contribution in [0.4, 0.5) is 17.6 Å². The van der Waals surface area contributed by atoms with Crippen molar-refractivity contribution in [2.75, 3.05) is 13.7 Å². The summed E-state index contributed by atoms with van der Waals surface area (Å²) in [6, 6.07) is 17.1. The fourth-order valence-corrected chi connectivity index (χ4v) is 3.77. The van der Waals surface area contributed by atoms with Crippen molar-refractivity contribution < 1.29 is 31.9 Å². The Morgan fingerprint density at radius 2 is 1.80 bits per heavy atom. The highest BCUT2D eigenvalue weighted by atomic mass is 19.4. The molecule has 0 unspecified atom stereocenters. The summed E-state index contributed by atoms with van der Waals surface area (Å²) in [4.78, 5) is 20.2. The third-order valence-electron chi connectivity index (χ3n) is 5.59. The van der Waals surface area contributed by atoms with Crippen LogP contribution in [0.3, 0.4) is 0 Å². The van der Waals surface area contributed by atoms with Crippen molar-refractivity contribution >= 4 is 11.6 Å². The average Bonchev–Trinajstić information content (AvgIpc) is 3.31. The minimum absolute atomic E-state index is 0.0191.